The molecule has 5 N–H and O–H groups in total. The second kappa shape index (κ2) is 21.9. The number of nitrogens with one attached hydrogen (secondary N) is 3. The molecule has 0 aromatic heterocycles. The number of amides is 4. The van der Waals surface area contributed by atoms with Gasteiger partial charge in [-0.2, -0.15) is 0 Å². The predicted octanol–water partition coefficient (Wildman–Crippen LogP) is 1.36. The van der Waals surface area contributed by atoms with Gasteiger partial charge >= 0.3 is 0 Å². The molecule has 8 nitrogen and oxygen atoms in total. The molecule has 160 valence electrons. The molecule has 0 saturated heterocycles. The number of nitrogens with two attached hydrogens (primary N) is 1. The van der Waals surface area contributed by atoms with Crippen molar-refractivity contribution in [3.63, 3.8) is 0 Å². The number of hydrogen-bond acceptors (Lipinski definition) is 4. The molecule has 0 aromatic rings. The maximum atomic E-state index is 10.5. The predicted molar refractivity (Wildman–Crippen MR) is 115 cm³/mol. The number of carbonyl (C=O) groups is 4. The first-order valence-corrected chi connectivity index (χ1v) is 8.48. The van der Waals surface area contributed by atoms with Crippen molar-refractivity contribution < 1.29 is 19.2 Å². The van der Waals surface area contributed by atoms with Crippen LogP contribution in [0.15, 0.2) is 49.1 Å². The first kappa shape index (κ1) is 32.5. The van der Waals surface area contributed by atoms with Crippen molar-refractivity contribution in [3.05, 3.63) is 49.1 Å². The zero-order valence-electron chi connectivity index (χ0n) is 18.0. The van der Waals surface area contributed by atoms with Gasteiger partial charge in [0, 0.05) is 36.9 Å². The minimum absolute atomic E-state index is 0.0625. The van der Waals surface area contributed by atoms with E-state index in [1.54, 1.807) is 27.8 Å². The van der Waals surface area contributed by atoms with Crippen LogP contribution in [0, 0.1) is 0 Å². The molecule has 28 heavy (non-hydrogen) atoms. The molecule has 0 rings (SSSR count). The highest BCUT2D eigenvalue weighted by Gasteiger charge is 1.95. The third-order valence-electron chi connectivity index (χ3n) is 2.30. The Hall–Kier alpha value is -3.16. The highest BCUT2D eigenvalue weighted by atomic mass is 16.2. The third kappa shape index (κ3) is 30.7. The van der Waals surface area contributed by atoms with Gasteiger partial charge in [0.25, 0.3) is 0 Å². The summed E-state index contributed by atoms with van der Waals surface area (Å²) in [4.78, 5) is 40.8. The fourth-order valence-electron chi connectivity index (χ4n) is 0.771. The monoisotopic (exact) mass is 396 g/mol. The molecule has 0 aliphatic carbocycles. The van der Waals surface area contributed by atoms with E-state index in [0.29, 0.717) is 29.8 Å². The lowest BCUT2D eigenvalue weighted by molar-refractivity contribution is -0.118. The van der Waals surface area contributed by atoms with Gasteiger partial charge in [-0.3, -0.25) is 19.2 Å². The summed E-state index contributed by atoms with van der Waals surface area (Å²) in [6, 6.07) is 0. The van der Waals surface area contributed by atoms with E-state index < -0.39 is 5.91 Å². The second-order valence-corrected chi connectivity index (χ2v) is 5.24. The van der Waals surface area contributed by atoms with Crippen molar-refractivity contribution in [1.29, 1.82) is 0 Å². The summed E-state index contributed by atoms with van der Waals surface area (Å²) in [5, 5.41) is 7.57. The summed E-state index contributed by atoms with van der Waals surface area (Å²) in [7, 11) is 1.58. The highest BCUT2D eigenvalue weighted by molar-refractivity contribution is 5.92. The van der Waals surface area contributed by atoms with Crippen molar-refractivity contribution in [2.24, 2.45) is 5.73 Å². The standard InChI is InChI=1S/C6H11NO.2C5H9NO.C4H7NO/c1-4-7-6(8)5(2)3;1-4(2)5(7)6-3;1-3-5(7)6-4-2;1-3(2)4(5)6/h2,4H2,1,3H3,(H,7,8);1H2,2-3H3,(H,6,7);3H,1,4H2,2H3,(H,6,7);1H2,2H3,(H2,5,6). The van der Waals surface area contributed by atoms with Gasteiger partial charge < -0.3 is 21.7 Å². The molecular formula is C20H36N4O4. The van der Waals surface area contributed by atoms with Crippen molar-refractivity contribution >= 4 is 23.6 Å². The van der Waals surface area contributed by atoms with E-state index in [0.717, 1.165) is 0 Å². The zero-order valence-corrected chi connectivity index (χ0v) is 18.0. The van der Waals surface area contributed by atoms with Crippen LogP contribution in [-0.2, 0) is 19.2 Å². The summed E-state index contributed by atoms with van der Waals surface area (Å²) in [6.07, 6.45) is 1.25. The lowest BCUT2D eigenvalue weighted by Crippen LogP contribution is -2.22. The van der Waals surface area contributed by atoms with E-state index in [1.807, 2.05) is 13.8 Å². The van der Waals surface area contributed by atoms with Gasteiger partial charge in [0.2, 0.25) is 23.6 Å². The van der Waals surface area contributed by atoms with Gasteiger partial charge in [0.15, 0.2) is 0 Å². The summed E-state index contributed by atoms with van der Waals surface area (Å²) in [5.41, 5.74) is 6.20. The number of hydrogen-bond donors (Lipinski definition) is 4. The molecule has 0 aliphatic heterocycles. The summed E-state index contributed by atoms with van der Waals surface area (Å²) in [6.45, 7) is 23.4. The Balaban J connectivity index is -0.000000138. The highest BCUT2D eigenvalue weighted by Crippen LogP contribution is 1.83. The Labute approximate surface area is 169 Å². The van der Waals surface area contributed by atoms with E-state index in [1.165, 1.54) is 6.08 Å². The molecule has 0 atom stereocenters. The van der Waals surface area contributed by atoms with Crippen LogP contribution >= 0.6 is 0 Å². The van der Waals surface area contributed by atoms with Gasteiger partial charge in [-0.1, -0.05) is 26.3 Å². The van der Waals surface area contributed by atoms with Crippen molar-refractivity contribution in [2.75, 3.05) is 20.1 Å². The lowest BCUT2D eigenvalue weighted by atomic mass is 10.3. The van der Waals surface area contributed by atoms with Gasteiger partial charge in [-0.05, 0) is 40.7 Å². The lowest BCUT2D eigenvalue weighted by Gasteiger charge is -1.97. The number of primary amides is 1. The maximum Gasteiger partial charge on any atom is 0.246 e. The fourth-order valence-corrected chi connectivity index (χ4v) is 0.771. The van der Waals surface area contributed by atoms with Crippen LogP contribution in [-0.4, -0.2) is 43.8 Å². The molecule has 0 radical (unpaired) electrons. The molecule has 8 heteroatoms. The molecule has 4 amide bonds. The molecular weight excluding hydrogens is 360 g/mol. The largest absolute Gasteiger partial charge is 0.366 e. The minimum atomic E-state index is -0.435. The van der Waals surface area contributed by atoms with E-state index in [2.05, 4.69) is 42.3 Å². The topological polar surface area (TPSA) is 130 Å². The fraction of sp³-hybridized carbons (Fsp3) is 0.400. The maximum absolute atomic E-state index is 10.5. The van der Waals surface area contributed by atoms with Gasteiger partial charge in [-0.25, -0.2) is 0 Å². The second-order valence-electron chi connectivity index (χ2n) is 5.24. The Morgan fingerprint density at radius 1 is 0.821 bits per heavy atom. The van der Waals surface area contributed by atoms with Crippen LogP contribution in [0.2, 0.25) is 0 Å². The average Bonchev–Trinajstić information content (AvgIpc) is 2.62. The number of carbonyl (C=O) groups excluding carboxylic acids is 4. The van der Waals surface area contributed by atoms with Gasteiger partial charge in [-0.15, -0.1) is 0 Å². The molecule has 0 aliphatic rings. The van der Waals surface area contributed by atoms with Crippen LogP contribution in [0.5, 0.6) is 0 Å². The smallest absolute Gasteiger partial charge is 0.246 e. The summed E-state index contributed by atoms with van der Waals surface area (Å²) >= 11 is 0. The van der Waals surface area contributed by atoms with Crippen molar-refractivity contribution in [2.45, 2.75) is 34.6 Å². The quantitative estimate of drug-likeness (QED) is 0.505. The first-order valence-electron chi connectivity index (χ1n) is 8.48. The van der Waals surface area contributed by atoms with Crippen LogP contribution in [0.25, 0.3) is 0 Å². The molecule has 0 unspecified atom stereocenters. The molecule has 0 fully saturated rings. The Morgan fingerprint density at radius 2 is 1.18 bits per heavy atom. The Morgan fingerprint density at radius 3 is 1.25 bits per heavy atom. The Bertz CT molecular complexity index is 553. The summed E-state index contributed by atoms with van der Waals surface area (Å²) in [5.74, 6) is -0.704. The number of likely N-dealkylation sites (N-methyl/N-ethyl adjacent to an activating group) is 3. The molecule has 0 spiro atoms. The average molecular weight is 397 g/mol. The van der Waals surface area contributed by atoms with Gasteiger partial charge in [0.05, 0.1) is 0 Å². The van der Waals surface area contributed by atoms with Crippen molar-refractivity contribution in [3.8, 4) is 0 Å². The van der Waals surface area contributed by atoms with Crippen LogP contribution in [0.1, 0.15) is 34.6 Å². The first-order chi connectivity index (χ1) is 12.8. The molecule has 0 heterocycles. The minimum Gasteiger partial charge on any atom is -0.366 e. The third-order valence-corrected chi connectivity index (χ3v) is 2.30. The summed E-state index contributed by atoms with van der Waals surface area (Å²) < 4.78 is 0. The Kier molecular flexibility index (Phi) is 25.4. The van der Waals surface area contributed by atoms with E-state index in [4.69, 9.17) is 5.73 Å². The number of rotatable bonds is 6. The van der Waals surface area contributed by atoms with Gasteiger partial charge in [0.1, 0.15) is 0 Å². The van der Waals surface area contributed by atoms with Crippen molar-refractivity contribution in [1.82, 2.24) is 16.0 Å². The van der Waals surface area contributed by atoms with Crippen LogP contribution < -0.4 is 21.7 Å². The SMILES string of the molecule is C=C(C)C(=O)NC.C=C(C)C(=O)NCC.C=C(C)C(N)=O.C=CC(=O)NCC. The van der Waals surface area contributed by atoms with Crippen LogP contribution in [0.3, 0.4) is 0 Å². The normalized spacial score (nSPS) is 7.79. The van der Waals surface area contributed by atoms with Crippen LogP contribution in [0.4, 0.5) is 0 Å². The molecule has 0 aromatic carbocycles. The van der Waals surface area contributed by atoms with E-state index in [9.17, 15) is 19.2 Å². The van der Waals surface area contributed by atoms with E-state index in [-0.39, 0.29) is 17.7 Å². The van der Waals surface area contributed by atoms with E-state index >= 15 is 0 Å². The molecule has 0 bridgehead atoms. The zero-order chi connectivity index (χ0) is 23.3. The molecule has 0 saturated carbocycles.